The first-order valence-corrected chi connectivity index (χ1v) is 11.5. The molecule has 0 aromatic heterocycles. The molecule has 3 rings (SSSR count). The molecule has 0 aliphatic carbocycles. The number of hydrogen-bond acceptors (Lipinski definition) is 4. The van der Waals surface area contributed by atoms with Crippen LogP contribution in [0.15, 0.2) is 42.5 Å². The van der Waals surface area contributed by atoms with Crippen LogP contribution in [-0.4, -0.2) is 33.4 Å². The zero-order chi connectivity index (χ0) is 20.9. The standard InChI is InChI=1S/C21H27N3O4S/c1-3-14-29(26,27)24-13-5-6-16-15-18(9-12-20(16)24)23-21(25)22-17-7-10-19(11-8-17)28-4-2/h7-12,15H,3-6,13-14H2,1-2H3,(H2,22,23,25). The summed E-state index contributed by atoms with van der Waals surface area (Å²) >= 11 is 0. The van der Waals surface area contributed by atoms with E-state index < -0.39 is 10.0 Å². The van der Waals surface area contributed by atoms with E-state index in [1.54, 1.807) is 36.4 Å². The summed E-state index contributed by atoms with van der Waals surface area (Å²) in [5.74, 6) is 0.882. The van der Waals surface area contributed by atoms with Crippen molar-refractivity contribution in [3.63, 3.8) is 0 Å². The number of benzene rings is 2. The molecule has 7 nitrogen and oxygen atoms in total. The van der Waals surface area contributed by atoms with Crippen molar-refractivity contribution in [3.05, 3.63) is 48.0 Å². The summed E-state index contributed by atoms with van der Waals surface area (Å²) < 4.78 is 31.9. The third-order valence-corrected chi connectivity index (χ3v) is 6.61. The smallest absolute Gasteiger partial charge is 0.323 e. The Morgan fingerprint density at radius 2 is 1.76 bits per heavy atom. The van der Waals surface area contributed by atoms with Gasteiger partial charge in [0, 0.05) is 17.9 Å². The van der Waals surface area contributed by atoms with Crippen LogP contribution in [0.4, 0.5) is 21.9 Å². The topological polar surface area (TPSA) is 87.7 Å². The van der Waals surface area contributed by atoms with Gasteiger partial charge in [0.05, 0.1) is 18.0 Å². The summed E-state index contributed by atoms with van der Waals surface area (Å²) in [6, 6.07) is 12.1. The van der Waals surface area contributed by atoms with Gasteiger partial charge in [-0.3, -0.25) is 4.31 Å². The highest BCUT2D eigenvalue weighted by molar-refractivity contribution is 7.92. The molecule has 0 radical (unpaired) electrons. The number of hydrogen-bond donors (Lipinski definition) is 2. The van der Waals surface area contributed by atoms with E-state index in [0.29, 0.717) is 36.6 Å². The fourth-order valence-corrected chi connectivity index (χ4v) is 5.01. The van der Waals surface area contributed by atoms with Gasteiger partial charge >= 0.3 is 6.03 Å². The number of nitrogens with zero attached hydrogens (tertiary/aromatic N) is 1. The fourth-order valence-electron chi connectivity index (χ4n) is 3.39. The van der Waals surface area contributed by atoms with Crippen molar-refractivity contribution in [1.82, 2.24) is 0 Å². The number of aryl methyl sites for hydroxylation is 1. The molecule has 2 aromatic rings. The maximum absolute atomic E-state index is 12.5. The number of sulfonamides is 1. The van der Waals surface area contributed by atoms with E-state index >= 15 is 0 Å². The molecule has 1 aliphatic rings. The number of carbonyl (C=O) groups excluding carboxylic acids is 1. The second-order valence-corrected chi connectivity index (χ2v) is 8.88. The van der Waals surface area contributed by atoms with Crippen molar-refractivity contribution in [1.29, 1.82) is 0 Å². The molecule has 0 atom stereocenters. The normalized spacial score (nSPS) is 13.5. The van der Waals surface area contributed by atoms with E-state index in [2.05, 4.69) is 10.6 Å². The van der Waals surface area contributed by atoms with Crippen molar-refractivity contribution in [2.24, 2.45) is 0 Å². The molecule has 0 fully saturated rings. The lowest BCUT2D eigenvalue weighted by Gasteiger charge is -2.30. The third kappa shape index (κ3) is 5.20. The quantitative estimate of drug-likeness (QED) is 0.706. The SMILES string of the molecule is CCCS(=O)(=O)N1CCCc2cc(NC(=O)Nc3ccc(OCC)cc3)ccc21. The number of nitrogens with one attached hydrogen (secondary N) is 2. The lowest BCUT2D eigenvalue weighted by Crippen LogP contribution is -2.37. The van der Waals surface area contributed by atoms with Crippen molar-refractivity contribution in [3.8, 4) is 5.75 Å². The van der Waals surface area contributed by atoms with Gasteiger partial charge in [0.15, 0.2) is 0 Å². The Morgan fingerprint density at radius 3 is 2.45 bits per heavy atom. The number of anilines is 3. The minimum atomic E-state index is -3.31. The fraction of sp³-hybridized carbons (Fsp3) is 0.381. The van der Waals surface area contributed by atoms with E-state index in [1.807, 2.05) is 19.9 Å². The Morgan fingerprint density at radius 1 is 1.07 bits per heavy atom. The Balaban J connectivity index is 1.68. The van der Waals surface area contributed by atoms with Crippen LogP contribution in [0, 0.1) is 0 Å². The van der Waals surface area contributed by atoms with Crippen molar-refractivity contribution < 1.29 is 17.9 Å². The highest BCUT2D eigenvalue weighted by Crippen LogP contribution is 2.32. The van der Waals surface area contributed by atoms with E-state index in [9.17, 15) is 13.2 Å². The Kier molecular flexibility index (Phi) is 6.64. The van der Waals surface area contributed by atoms with Crippen LogP contribution in [0.25, 0.3) is 0 Å². The minimum Gasteiger partial charge on any atom is -0.494 e. The summed E-state index contributed by atoms with van der Waals surface area (Å²) in [4.78, 5) is 12.3. The van der Waals surface area contributed by atoms with Gasteiger partial charge in [0.2, 0.25) is 10.0 Å². The molecule has 156 valence electrons. The molecule has 0 saturated carbocycles. The van der Waals surface area contributed by atoms with E-state index in [0.717, 1.165) is 24.2 Å². The first-order chi connectivity index (χ1) is 13.9. The third-order valence-electron chi connectivity index (χ3n) is 4.63. The van der Waals surface area contributed by atoms with Gasteiger partial charge in [-0.05, 0) is 74.2 Å². The van der Waals surface area contributed by atoms with Gasteiger partial charge in [-0.25, -0.2) is 13.2 Å². The zero-order valence-electron chi connectivity index (χ0n) is 16.8. The van der Waals surface area contributed by atoms with Crippen LogP contribution < -0.4 is 19.7 Å². The van der Waals surface area contributed by atoms with Gasteiger partial charge in [0.25, 0.3) is 0 Å². The summed E-state index contributed by atoms with van der Waals surface area (Å²) in [7, 11) is -3.31. The molecule has 2 N–H and O–H groups in total. The predicted octanol–water partition coefficient (Wildman–Crippen LogP) is 4.22. The monoisotopic (exact) mass is 417 g/mol. The van der Waals surface area contributed by atoms with Gasteiger partial charge < -0.3 is 15.4 Å². The first-order valence-electron chi connectivity index (χ1n) is 9.87. The molecule has 0 bridgehead atoms. The summed E-state index contributed by atoms with van der Waals surface area (Å²) in [6.45, 7) is 4.86. The number of fused-ring (bicyclic) bond motifs is 1. The van der Waals surface area contributed by atoms with Crippen molar-refractivity contribution in [2.45, 2.75) is 33.1 Å². The van der Waals surface area contributed by atoms with Gasteiger partial charge in [0.1, 0.15) is 5.75 Å². The van der Waals surface area contributed by atoms with Crippen molar-refractivity contribution >= 4 is 33.1 Å². The number of amides is 2. The zero-order valence-corrected chi connectivity index (χ0v) is 17.6. The Bertz CT molecular complexity index is 958. The summed E-state index contributed by atoms with van der Waals surface area (Å²) in [6.07, 6.45) is 2.13. The van der Waals surface area contributed by atoms with Crippen LogP contribution >= 0.6 is 0 Å². The number of carbonyl (C=O) groups is 1. The Labute approximate surface area is 172 Å². The maximum atomic E-state index is 12.5. The van der Waals surface area contributed by atoms with Gasteiger partial charge in [-0.2, -0.15) is 0 Å². The largest absolute Gasteiger partial charge is 0.494 e. The molecule has 0 saturated heterocycles. The number of ether oxygens (including phenoxy) is 1. The van der Waals surface area contributed by atoms with Crippen LogP contribution in [0.3, 0.4) is 0 Å². The molecule has 1 aliphatic heterocycles. The molecule has 0 spiro atoms. The van der Waals surface area contributed by atoms with Crippen LogP contribution in [-0.2, 0) is 16.4 Å². The molecular formula is C21H27N3O4S. The lowest BCUT2D eigenvalue weighted by molar-refractivity contribution is 0.262. The average molecular weight is 418 g/mol. The van der Waals surface area contributed by atoms with Crippen molar-refractivity contribution in [2.75, 3.05) is 33.8 Å². The number of rotatable bonds is 7. The number of urea groups is 1. The molecule has 2 aromatic carbocycles. The van der Waals surface area contributed by atoms with E-state index in [1.165, 1.54) is 4.31 Å². The van der Waals surface area contributed by atoms with Gasteiger partial charge in [-0.15, -0.1) is 0 Å². The van der Waals surface area contributed by atoms with Gasteiger partial charge in [-0.1, -0.05) is 6.92 Å². The summed E-state index contributed by atoms with van der Waals surface area (Å²) in [5, 5.41) is 5.59. The lowest BCUT2D eigenvalue weighted by atomic mass is 10.0. The second kappa shape index (κ2) is 9.17. The molecular weight excluding hydrogens is 390 g/mol. The molecule has 29 heavy (non-hydrogen) atoms. The highest BCUT2D eigenvalue weighted by atomic mass is 32.2. The Hall–Kier alpha value is -2.74. The second-order valence-electron chi connectivity index (χ2n) is 6.87. The first kappa shape index (κ1) is 21.0. The molecule has 1 heterocycles. The minimum absolute atomic E-state index is 0.136. The van der Waals surface area contributed by atoms with Crippen LogP contribution in [0.1, 0.15) is 32.3 Å². The van der Waals surface area contributed by atoms with E-state index in [4.69, 9.17) is 4.74 Å². The molecule has 2 amide bonds. The molecule has 0 unspecified atom stereocenters. The van der Waals surface area contributed by atoms with Crippen LogP contribution in [0.2, 0.25) is 0 Å². The summed E-state index contributed by atoms with van der Waals surface area (Å²) in [5.41, 5.74) is 2.92. The van der Waals surface area contributed by atoms with Crippen LogP contribution in [0.5, 0.6) is 5.75 Å². The predicted molar refractivity (Wildman–Crippen MR) is 116 cm³/mol. The van der Waals surface area contributed by atoms with E-state index in [-0.39, 0.29) is 11.8 Å². The highest BCUT2D eigenvalue weighted by Gasteiger charge is 2.26. The average Bonchev–Trinajstić information content (AvgIpc) is 2.69. The maximum Gasteiger partial charge on any atom is 0.323 e. The molecule has 8 heteroatoms.